The maximum atomic E-state index is 5.77. The third-order valence-corrected chi connectivity index (χ3v) is 2.56. The molecule has 2 aromatic heterocycles. The highest BCUT2D eigenvalue weighted by Gasteiger charge is 2.14. The maximum absolute atomic E-state index is 5.77. The number of anilines is 1. The van der Waals surface area contributed by atoms with E-state index in [9.17, 15) is 0 Å². The predicted molar refractivity (Wildman–Crippen MR) is 71.3 cm³/mol. The third kappa shape index (κ3) is 2.23. The van der Waals surface area contributed by atoms with E-state index in [0.717, 1.165) is 5.69 Å². The van der Waals surface area contributed by atoms with E-state index in [-0.39, 0.29) is 5.82 Å². The van der Waals surface area contributed by atoms with Crippen molar-refractivity contribution in [2.75, 3.05) is 5.73 Å². The van der Waals surface area contributed by atoms with Crippen molar-refractivity contribution in [2.45, 2.75) is 0 Å². The number of hydrogen-bond donors (Lipinski definition) is 2. The van der Waals surface area contributed by atoms with Gasteiger partial charge in [0.1, 0.15) is 5.69 Å². The minimum Gasteiger partial charge on any atom is -0.463 e. The number of benzene rings is 1. The van der Waals surface area contributed by atoms with Crippen molar-refractivity contribution in [1.82, 2.24) is 10.2 Å². The van der Waals surface area contributed by atoms with Gasteiger partial charge in [0.05, 0.1) is 12.0 Å². The van der Waals surface area contributed by atoms with Gasteiger partial charge in [-0.3, -0.25) is 5.10 Å². The van der Waals surface area contributed by atoms with Crippen LogP contribution >= 0.6 is 0 Å². The Hall–Kier alpha value is -2.89. The number of furan rings is 1. The Balaban J connectivity index is 1.97. The first-order valence-electron chi connectivity index (χ1n) is 5.69. The van der Waals surface area contributed by atoms with Crippen molar-refractivity contribution < 1.29 is 4.42 Å². The molecule has 94 valence electrons. The van der Waals surface area contributed by atoms with Gasteiger partial charge in [0.2, 0.25) is 0 Å². The number of nitrogens with one attached hydrogen (secondary N) is 1. The zero-order valence-electron chi connectivity index (χ0n) is 9.95. The van der Waals surface area contributed by atoms with E-state index in [1.165, 1.54) is 0 Å². The van der Waals surface area contributed by atoms with Gasteiger partial charge in [0, 0.05) is 0 Å². The Morgan fingerprint density at radius 1 is 1.05 bits per heavy atom. The summed E-state index contributed by atoms with van der Waals surface area (Å²) in [7, 11) is 0. The second-order valence-electron chi connectivity index (χ2n) is 3.85. The minimum atomic E-state index is 0.283. The number of nitrogens with two attached hydrogens (primary N) is 1. The first kappa shape index (κ1) is 11.2. The number of nitrogen functional groups attached to an aromatic ring is 1. The number of aromatic nitrogens is 2. The fourth-order valence-electron chi connectivity index (χ4n) is 1.65. The van der Waals surface area contributed by atoms with Crippen LogP contribution in [0.4, 0.5) is 17.2 Å². The number of azo groups is 1. The summed E-state index contributed by atoms with van der Waals surface area (Å²) >= 11 is 0. The zero-order chi connectivity index (χ0) is 13.1. The van der Waals surface area contributed by atoms with Crippen molar-refractivity contribution in [1.29, 1.82) is 0 Å². The second kappa shape index (κ2) is 4.77. The van der Waals surface area contributed by atoms with E-state index in [1.807, 2.05) is 30.3 Å². The SMILES string of the molecule is Nc1n[nH]c(-c2ccco2)c1N=Nc1ccccc1. The molecule has 1 aromatic carbocycles. The van der Waals surface area contributed by atoms with E-state index in [0.29, 0.717) is 17.1 Å². The topological polar surface area (TPSA) is 92.6 Å². The Kier molecular flexibility index (Phi) is 2.82. The van der Waals surface area contributed by atoms with Gasteiger partial charge in [-0.1, -0.05) is 18.2 Å². The van der Waals surface area contributed by atoms with Crippen molar-refractivity contribution in [3.8, 4) is 11.5 Å². The average Bonchev–Trinajstić information content (AvgIpc) is 3.07. The summed E-state index contributed by atoms with van der Waals surface area (Å²) in [5, 5.41) is 15.0. The number of H-pyrrole nitrogens is 1. The molecule has 0 amide bonds. The molecule has 19 heavy (non-hydrogen) atoms. The number of hydrogen-bond acceptors (Lipinski definition) is 5. The lowest BCUT2D eigenvalue weighted by Crippen LogP contribution is -1.83. The molecule has 3 rings (SSSR count). The fraction of sp³-hybridized carbons (Fsp3) is 0. The minimum absolute atomic E-state index is 0.283. The van der Waals surface area contributed by atoms with Crippen LogP contribution in [0.3, 0.4) is 0 Å². The van der Waals surface area contributed by atoms with Crippen LogP contribution in [0.5, 0.6) is 0 Å². The quantitative estimate of drug-likeness (QED) is 0.697. The van der Waals surface area contributed by atoms with Gasteiger partial charge in [-0.15, -0.1) is 5.11 Å². The highest BCUT2D eigenvalue weighted by Crippen LogP contribution is 2.34. The van der Waals surface area contributed by atoms with Crippen LogP contribution < -0.4 is 5.73 Å². The summed E-state index contributed by atoms with van der Waals surface area (Å²) in [6, 6.07) is 13.0. The molecule has 2 heterocycles. The largest absolute Gasteiger partial charge is 0.463 e. The summed E-state index contributed by atoms with van der Waals surface area (Å²) in [5.74, 6) is 0.900. The number of nitrogens with zero attached hydrogens (tertiary/aromatic N) is 3. The molecule has 0 aliphatic carbocycles. The number of rotatable bonds is 3. The van der Waals surface area contributed by atoms with E-state index in [4.69, 9.17) is 10.2 Å². The molecule has 0 aliphatic rings. The zero-order valence-corrected chi connectivity index (χ0v) is 9.95. The van der Waals surface area contributed by atoms with Gasteiger partial charge in [0.15, 0.2) is 17.3 Å². The molecule has 0 spiro atoms. The summed E-state index contributed by atoms with van der Waals surface area (Å²) in [6.07, 6.45) is 1.57. The van der Waals surface area contributed by atoms with Gasteiger partial charge >= 0.3 is 0 Å². The van der Waals surface area contributed by atoms with Crippen LogP contribution in [0.15, 0.2) is 63.4 Å². The van der Waals surface area contributed by atoms with Gasteiger partial charge < -0.3 is 10.2 Å². The number of aromatic amines is 1. The molecule has 0 saturated heterocycles. The van der Waals surface area contributed by atoms with Gasteiger partial charge in [-0.05, 0) is 24.3 Å². The lowest BCUT2D eigenvalue weighted by atomic mass is 10.3. The average molecular weight is 253 g/mol. The van der Waals surface area contributed by atoms with Crippen molar-refractivity contribution in [2.24, 2.45) is 10.2 Å². The Morgan fingerprint density at radius 3 is 2.63 bits per heavy atom. The van der Waals surface area contributed by atoms with Crippen LogP contribution in [0, 0.1) is 0 Å². The fourth-order valence-corrected chi connectivity index (χ4v) is 1.65. The van der Waals surface area contributed by atoms with Crippen LogP contribution in [-0.4, -0.2) is 10.2 Å². The van der Waals surface area contributed by atoms with Crippen molar-refractivity contribution in [3.63, 3.8) is 0 Å². The van der Waals surface area contributed by atoms with E-state index in [2.05, 4.69) is 20.4 Å². The lowest BCUT2D eigenvalue weighted by Gasteiger charge is -1.94. The molecule has 3 N–H and O–H groups in total. The van der Waals surface area contributed by atoms with Crippen LogP contribution in [-0.2, 0) is 0 Å². The standard InChI is InChI=1S/C13H11N5O/c14-13-12(17-15-9-5-2-1-3-6-9)11(16-18-13)10-7-4-8-19-10/h1-8H,(H3,14,16,18). The van der Waals surface area contributed by atoms with Crippen molar-refractivity contribution >= 4 is 17.2 Å². The molecular weight excluding hydrogens is 242 g/mol. The first-order valence-corrected chi connectivity index (χ1v) is 5.69. The van der Waals surface area contributed by atoms with Gasteiger partial charge in [0.25, 0.3) is 0 Å². The summed E-state index contributed by atoms with van der Waals surface area (Å²) < 4.78 is 5.30. The smallest absolute Gasteiger partial charge is 0.173 e. The molecule has 6 nitrogen and oxygen atoms in total. The Labute approximate surface area is 109 Å². The molecule has 0 atom stereocenters. The maximum Gasteiger partial charge on any atom is 0.173 e. The molecular formula is C13H11N5O. The van der Waals surface area contributed by atoms with Crippen molar-refractivity contribution in [3.05, 3.63) is 48.7 Å². The van der Waals surface area contributed by atoms with E-state index >= 15 is 0 Å². The van der Waals surface area contributed by atoms with E-state index in [1.54, 1.807) is 18.4 Å². The molecule has 6 heteroatoms. The lowest BCUT2D eigenvalue weighted by molar-refractivity contribution is 0.580. The molecule has 0 unspecified atom stereocenters. The third-order valence-electron chi connectivity index (χ3n) is 2.56. The van der Waals surface area contributed by atoms with Crippen LogP contribution in [0.1, 0.15) is 0 Å². The second-order valence-corrected chi connectivity index (χ2v) is 3.85. The monoisotopic (exact) mass is 253 g/mol. The highest BCUT2D eigenvalue weighted by atomic mass is 16.3. The summed E-state index contributed by atoms with van der Waals surface area (Å²) in [5.41, 5.74) is 7.60. The molecule has 3 aromatic rings. The van der Waals surface area contributed by atoms with Crippen LogP contribution in [0.25, 0.3) is 11.5 Å². The summed E-state index contributed by atoms with van der Waals surface area (Å²) in [6.45, 7) is 0. The molecule has 0 bridgehead atoms. The normalized spacial score (nSPS) is 11.2. The first-order chi connectivity index (χ1) is 9.34. The molecule has 0 saturated carbocycles. The summed E-state index contributed by atoms with van der Waals surface area (Å²) in [4.78, 5) is 0. The molecule has 0 aliphatic heterocycles. The highest BCUT2D eigenvalue weighted by molar-refractivity contribution is 5.76. The Bertz CT molecular complexity index is 685. The van der Waals surface area contributed by atoms with Crippen LogP contribution in [0.2, 0.25) is 0 Å². The predicted octanol–water partition coefficient (Wildman–Crippen LogP) is 3.67. The van der Waals surface area contributed by atoms with Gasteiger partial charge in [-0.25, -0.2) is 0 Å². The van der Waals surface area contributed by atoms with E-state index < -0.39 is 0 Å². The molecule has 0 radical (unpaired) electrons. The van der Waals surface area contributed by atoms with Gasteiger partial charge in [-0.2, -0.15) is 10.2 Å². The Morgan fingerprint density at radius 2 is 1.89 bits per heavy atom. The molecule has 0 fully saturated rings.